The zero-order chi connectivity index (χ0) is 20.1. The van der Waals surface area contributed by atoms with Gasteiger partial charge in [-0.2, -0.15) is 0 Å². The van der Waals surface area contributed by atoms with Crippen LogP contribution in [0.3, 0.4) is 0 Å². The van der Waals surface area contributed by atoms with Crippen LogP contribution in [0.4, 0.5) is 0 Å². The highest BCUT2D eigenvalue weighted by Crippen LogP contribution is 2.30. The highest BCUT2D eigenvalue weighted by Gasteiger charge is 2.29. The third-order valence-corrected chi connectivity index (χ3v) is 6.22. The molecule has 148 valence electrons. The number of aromatic nitrogens is 3. The number of benzene rings is 2. The molecule has 0 saturated carbocycles. The number of nitrogens with one attached hydrogen (secondary N) is 1. The number of carbonyl (C=O) groups excluding carboxylic acids is 1. The number of amides is 1. The van der Waals surface area contributed by atoms with Gasteiger partial charge in [0.05, 0.1) is 11.0 Å². The van der Waals surface area contributed by atoms with E-state index in [4.69, 9.17) is 4.98 Å². The molecule has 0 spiro atoms. The predicted molar refractivity (Wildman–Crippen MR) is 116 cm³/mol. The van der Waals surface area contributed by atoms with Gasteiger partial charge >= 0.3 is 0 Å². The van der Waals surface area contributed by atoms with Crippen molar-refractivity contribution >= 4 is 27.8 Å². The van der Waals surface area contributed by atoms with E-state index in [0.717, 1.165) is 47.1 Å². The van der Waals surface area contributed by atoms with Gasteiger partial charge in [-0.25, -0.2) is 4.98 Å². The van der Waals surface area contributed by atoms with Gasteiger partial charge in [0.25, 0.3) is 5.91 Å². The summed E-state index contributed by atoms with van der Waals surface area (Å²) < 4.78 is 2.18. The minimum atomic E-state index is 0.0849. The first-order valence-electron chi connectivity index (χ1n) is 10.3. The summed E-state index contributed by atoms with van der Waals surface area (Å²) in [7, 11) is 2.08. The largest absolute Gasteiger partial charge is 0.351 e. The maximum Gasteiger partial charge on any atom is 0.270 e. The van der Waals surface area contributed by atoms with Crippen LogP contribution in [0.25, 0.3) is 21.9 Å². The maximum atomic E-state index is 13.3. The fourth-order valence-electron chi connectivity index (χ4n) is 4.79. The molecule has 0 unspecified atom stereocenters. The SMILES string of the molecule is Cc1cc(C)c2cc(C(=O)N3CCC[C@@H](c4nc5ccccc5n4C)C3)[nH]c2c1. The third-order valence-electron chi connectivity index (χ3n) is 6.22. The fourth-order valence-corrected chi connectivity index (χ4v) is 4.79. The summed E-state index contributed by atoms with van der Waals surface area (Å²) in [6, 6.07) is 14.5. The van der Waals surface area contributed by atoms with Gasteiger partial charge in [-0.15, -0.1) is 0 Å². The van der Waals surface area contributed by atoms with Crippen molar-refractivity contribution in [3.05, 3.63) is 65.1 Å². The number of nitrogens with zero attached hydrogens (tertiary/aromatic N) is 3. The van der Waals surface area contributed by atoms with Crippen LogP contribution in [0.1, 0.15) is 46.2 Å². The van der Waals surface area contributed by atoms with Gasteiger partial charge in [0.1, 0.15) is 11.5 Å². The fraction of sp³-hybridized carbons (Fsp3) is 0.333. The highest BCUT2D eigenvalue weighted by molar-refractivity contribution is 5.99. The molecule has 1 N–H and O–H groups in total. The zero-order valence-electron chi connectivity index (χ0n) is 17.2. The molecule has 1 saturated heterocycles. The summed E-state index contributed by atoms with van der Waals surface area (Å²) in [4.78, 5) is 23.5. The standard InChI is InChI=1S/C24H26N4O/c1-15-11-16(2)18-13-21(25-20(18)12-15)24(29)28-10-6-7-17(14-28)23-26-19-8-4-5-9-22(19)27(23)3/h4-5,8-9,11-13,17,25H,6-7,10,14H2,1-3H3/t17-/m1/s1. The van der Waals surface area contributed by atoms with Crippen molar-refractivity contribution in [2.45, 2.75) is 32.6 Å². The molecule has 1 atom stereocenters. The first-order valence-corrected chi connectivity index (χ1v) is 10.3. The minimum Gasteiger partial charge on any atom is -0.351 e. The number of H-pyrrole nitrogens is 1. The van der Waals surface area contributed by atoms with Crippen molar-refractivity contribution in [3.8, 4) is 0 Å². The number of hydrogen-bond donors (Lipinski definition) is 1. The number of imidazole rings is 1. The van der Waals surface area contributed by atoms with E-state index in [1.54, 1.807) is 0 Å². The number of aryl methyl sites for hydroxylation is 3. The molecule has 0 bridgehead atoms. The van der Waals surface area contributed by atoms with E-state index in [9.17, 15) is 4.79 Å². The lowest BCUT2D eigenvalue weighted by molar-refractivity contribution is 0.0699. The van der Waals surface area contributed by atoms with E-state index < -0.39 is 0 Å². The van der Waals surface area contributed by atoms with Crippen molar-refractivity contribution in [2.24, 2.45) is 7.05 Å². The lowest BCUT2D eigenvalue weighted by Crippen LogP contribution is -2.39. The average molecular weight is 386 g/mol. The van der Waals surface area contributed by atoms with E-state index in [0.29, 0.717) is 12.2 Å². The van der Waals surface area contributed by atoms with Gasteiger partial charge in [0, 0.05) is 37.0 Å². The Labute approximate surface area is 170 Å². The predicted octanol–water partition coefficient (Wildman–Crippen LogP) is 4.69. The van der Waals surface area contributed by atoms with Gasteiger partial charge in [0.2, 0.25) is 0 Å². The monoisotopic (exact) mass is 386 g/mol. The normalized spacial score (nSPS) is 17.3. The van der Waals surface area contributed by atoms with Crippen molar-refractivity contribution in [2.75, 3.05) is 13.1 Å². The molecule has 1 aliphatic rings. The Morgan fingerprint density at radius 1 is 1.17 bits per heavy atom. The van der Waals surface area contributed by atoms with Crippen molar-refractivity contribution < 1.29 is 4.79 Å². The number of likely N-dealkylation sites (tertiary alicyclic amines) is 1. The van der Waals surface area contributed by atoms with Crippen LogP contribution < -0.4 is 0 Å². The van der Waals surface area contributed by atoms with Crippen LogP contribution in [0, 0.1) is 13.8 Å². The zero-order valence-corrected chi connectivity index (χ0v) is 17.2. The molecule has 5 heteroatoms. The Morgan fingerprint density at radius 3 is 2.83 bits per heavy atom. The highest BCUT2D eigenvalue weighted by atomic mass is 16.2. The first-order chi connectivity index (χ1) is 14.0. The van der Waals surface area contributed by atoms with Crippen LogP contribution in [-0.4, -0.2) is 38.4 Å². The molecule has 2 aromatic carbocycles. The number of aromatic amines is 1. The smallest absolute Gasteiger partial charge is 0.270 e. The summed E-state index contributed by atoms with van der Waals surface area (Å²) in [6.45, 7) is 5.69. The Balaban J connectivity index is 1.43. The van der Waals surface area contributed by atoms with Crippen LogP contribution >= 0.6 is 0 Å². The molecular formula is C24H26N4O. The summed E-state index contributed by atoms with van der Waals surface area (Å²) >= 11 is 0. The lowest BCUT2D eigenvalue weighted by Gasteiger charge is -2.32. The molecule has 1 aliphatic heterocycles. The van der Waals surface area contributed by atoms with E-state index >= 15 is 0 Å². The second-order valence-electron chi connectivity index (χ2n) is 8.33. The molecule has 5 nitrogen and oxygen atoms in total. The summed E-state index contributed by atoms with van der Waals surface area (Å²) in [6.07, 6.45) is 2.06. The molecule has 2 aromatic heterocycles. The quantitative estimate of drug-likeness (QED) is 0.543. The van der Waals surface area contributed by atoms with E-state index in [2.05, 4.69) is 54.7 Å². The van der Waals surface area contributed by atoms with Gasteiger partial charge in [-0.3, -0.25) is 4.79 Å². The van der Waals surface area contributed by atoms with Crippen LogP contribution in [0.15, 0.2) is 42.5 Å². The number of piperidine rings is 1. The first kappa shape index (κ1) is 18.0. The van der Waals surface area contributed by atoms with Crippen molar-refractivity contribution in [1.29, 1.82) is 0 Å². The lowest BCUT2D eigenvalue weighted by atomic mass is 9.97. The molecule has 5 rings (SSSR count). The molecule has 1 fully saturated rings. The van der Waals surface area contributed by atoms with Crippen LogP contribution in [0.2, 0.25) is 0 Å². The second kappa shape index (κ2) is 6.76. The molecular weight excluding hydrogens is 360 g/mol. The van der Waals surface area contributed by atoms with E-state index in [1.807, 2.05) is 23.1 Å². The average Bonchev–Trinajstić information content (AvgIpc) is 3.29. The number of fused-ring (bicyclic) bond motifs is 2. The molecule has 3 heterocycles. The summed E-state index contributed by atoms with van der Waals surface area (Å²) in [5.74, 6) is 1.42. The Hall–Kier alpha value is -3.08. The molecule has 1 amide bonds. The van der Waals surface area contributed by atoms with Gasteiger partial charge < -0.3 is 14.5 Å². The van der Waals surface area contributed by atoms with Gasteiger partial charge in [-0.05, 0) is 62.1 Å². The molecule has 0 aliphatic carbocycles. The number of para-hydroxylation sites is 2. The second-order valence-corrected chi connectivity index (χ2v) is 8.33. The Morgan fingerprint density at radius 2 is 2.00 bits per heavy atom. The minimum absolute atomic E-state index is 0.0849. The van der Waals surface area contributed by atoms with Crippen molar-refractivity contribution in [3.63, 3.8) is 0 Å². The summed E-state index contributed by atoms with van der Waals surface area (Å²) in [5.41, 5.74) is 6.29. The van der Waals surface area contributed by atoms with E-state index in [1.165, 1.54) is 11.1 Å². The maximum absolute atomic E-state index is 13.3. The molecule has 0 radical (unpaired) electrons. The molecule has 29 heavy (non-hydrogen) atoms. The summed E-state index contributed by atoms with van der Waals surface area (Å²) in [5, 5.41) is 1.13. The van der Waals surface area contributed by atoms with Crippen LogP contribution in [0.5, 0.6) is 0 Å². The Bertz CT molecular complexity index is 1230. The number of rotatable bonds is 2. The molecule has 4 aromatic rings. The number of carbonyl (C=O) groups is 1. The topological polar surface area (TPSA) is 53.9 Å². The van der Waals surface area contributed by atoms with Crippen molar-refractivity contribution in [1.82, 2.24) is 19.4 Å². The van der Waals surface area contributed by atoms with Gasteiger partial charge in [0.15, 0.2) is 0 Å². The van der Waals surface area contributed by atoms with Gasteiger partial charge in [-0.1, -0.05) is 18.2 Å². The Kier molecular flexibility index (Phi) is 4.19. The third kappa shape index (κ3) is 3.01. The number of hydrogen-bond acceptors (Lipinski definition) is 2. The van der Waals surface area contributed by atoms with Crippen LogP contribution in [-0.2, 0) is 7.05 Å². The van der Waals surface area contributed by atoms with E-state index in [-0.39, 0.29) is 11.8 Å².